The lowest BCUT2D eigenvalue weighted by atomic mass is 10.0. The van der Waals surface area contributed by atoms with E-state index >= 15 is 0 Å². The number of carbonyl (C=O) groups is 1. The third-order valence-corrected chi connectivity index (χ3v) is 6.34. The number of amides is 1. The predicted octanol–water partition coefficient (Wildman–Crippen LogP) is 8.02. The van der Waals surface area contributed by atoms with Gasteiger partial charge in [-0.2, -0.15) is 0 Å². The Kier molecular flexibility index (Phi) is 22.2. The summed E-state index contributed by atoms with van der Waals surface area (Å²) < 4.78 is 0.967. The number of hydrogen-bond donors (Lipinski definition) is 1. The molecule has 186 valence electrons. The van der Waals surface area contributed by atoms with Crippen LogP contribution in [0.25, 0.3) is 0 Å². The van der Waals surface area contributed by atoms with Gasteiger partial charge in [-0.05, 0) is 6.42 Å². The average Bonchev–Trinajstić information content (AvgIpc) is 2.72. The van der Waals surface area contributed by atoms with Gasteiger partial charge in [0, 0.05) is 19.4 Å². The summed E-state index contributed by atoms with van der Waals surface area (Å²) in [6.07, 6.45) is 28.2. The van der Waals surface area contributed by atoms with Crippen LogP contribution in [0.4, 0.5) is 0 Å². The lowest BCUT2D eigenvalue weighted by molar-refractivity contribution is -0.870. The van der Waals surface area contributed by atoms with Gasteiger partial charge in [-0.25, -0.2) is 0 Å². The summed E-state index contributed by atoms with van der Waals surface area (Å²) in [6, 6.07) is 0. The minimum absolute atomic E-state index is 0.244. The van der Waals surface area contributed by atoms with Crippen LogP contribution >= 0.6 is 0 Å². The number of hydrogen-bond acceptors (Lipinski definition) is 1. The van der Waals surface area contributed by atoms with Gasteiger partial charge in [0.2, 0.25) is 5.91 Å². The quantitative estimate of drug-likeness (QED) is 0.120. The van der Waals surface area contributed by atoms with Crippen molar-refractivity contribution in [1.82, 2.24) is 5.32 Å². The second-order valence-corrected chi connectivity index (χ2v) is 10.8. The Hall–Kier alpha value is -0.570. The Morgan fingerprint density at radius 3 is 1.26 bits per heavy atom. The highest BCUT2D eigenvalue weighted by Gasteiger charge is 2.06. The molecule has 1 N–H and O–H groups in total. The lowest BCUT2D eigenvalue weighted by Gasteiger charge is -2.23. The molecular weight excluding hydrogens is 380 g/mol. The topological polar surface area (TPSA) is 29.1 Å². The molecule has 0 aliphatic rings. The zero-order chi connectivity index (χ0) is 23.0. The summed E-state index contributed by atoms with van der Waals surface area (Å²) in [5.74, 6) is 0.244. The first-order valence-corrected chi connectivity index (χ1v) is 14.0. The number of nitrogens with one attached hydrogen (secondary N) is 1. The first-order valence-electron chi connectivity index (χ1n) is 14.0. The van der Waals surface area contributed by atoms with Gasteiger partial charge in [-0.15, -0.1) is 0 Å². The molecule has 0 bridgehead atoms. The van der Waals surface area contributed by atoms with Crippen LogP contribution in [-0.2, 0) is 4.79 Å². The molecule has 0 spiro atoms. The lowest BCUT2D eigenvalue weighted by Crippen LogP contribution is -2.37. The van der Waals surface area contributed by atoms with Gasteiger partial charge >= 0.3 is 0 Å². The van der Waals surface area contributed by atoms with E-state index in [0.29, 0.717) is 6.42 Å². The Labute approximate surface area is 196 Å². The average molecular weight is 440 g/mol. The summed E-state index contributed by atoms with van der Waals surface area (Å²) in [5.41, 5.74) is 0. The van der Waals surface area contributed by atoms with Gasteiger partial charge in [0.05, 0.1) is 27.7 Å². The van der Waals surface area contributed by atoms with Crippen LogP contribution in [-0.4, -0.2) is 44.6 Å². The van der Waals surface area contributed by atoms with E-state index in [2.05, 4.69) is 33.4 Å². The van der Waals surface area contributed by atoms with Gasteiger partial charge in [-0.3, -0.25) is 4.79 Å². The fourth-order valence-corrected chi connectivity index (χ4v) is 4.23. The van der Waals surface area contributed by atoms with Gasteiger partial charge in [0.25, 0.3) is 0 Å². The molecule has 0 unspecified atom stereocenters. The smallest absolute Gasteiger partial charge is 0.219 e. The molecule has 0 heterocycles. The van der Waals surface area contributed by atoms with Crippen molar-refractivity contribution in [2.45, 2.75) is 142 Å². The molecule has 0 atom stereocenters. The summed E-state index contributed by atoms with van der Waals surface area (Å²) in [7, 11) is 6.58. The normalized spacial score (nSPS) is 11.7. The van der Waals surface area contributed by atoms with E-state index in [1.807, 2.05) is 0 Å². The minimum atomic E-state index is 0.244. The van der Waals surface area contributed by atoms with Gasteiger partial charge in [0.1, 0.15) is 0 Å². The molecule has 0 aromatic carbocycles. The van der Waals surface area contributed by atoms with E-state index in [-0.39, 0.29) is 5.91 Å². The van der Waals surface area contributed by atoms with Crippen molar-refractivity contribution in [2.24, 2.45) is 0 Å². The fourth-order valence-electron chi connectivity index (χ4n) is 4.23. The van der Waals surface area contributed by atoms with Gasteiger partial charge in [0.15, 0.2) is 0 Å². The predicted molar refractivity (Wildman–Crippen MR) is 139 cm³/mol. The fraction of sp³-hybridized carbons (Fsp3) is 0.964. The second-order valence-electron chi connectivity index (χ2n) is 10.8. The molecule has 3 nitrogen and oxygen atoms in total. The second kappa shape index (κ2) is 22.6. The molecule has 0 fully saturated rings. The molecule has 0 saturated carbocycles. The molecule has 0 aliphatic heterocycles. The molecule has 31 heavy (non-hydrogen) atoms. The van der Waals surface area contributed by atoms with E-state index in [9.17, 15) is 4.79 Å². The van der Waals surface area contributed by atoms with Crippen LogP contribution in [0, 0.1) is 0 Å². The summed E-state index contributed by atoms with van der Waals surface area (Å²) >= 11 is 0. The Bertz CT molecular complexity index is 376. The minimum Gasteiger partial charge on any atom is -0.356 e. The van der Waals surface area contributed by atoms with Crippen LogP contribution in [0.15, 0.2) is 0 Å². The number of unbranched alkanes of at least 4 members (excludes halogenated alkanes) is 18. The molecule has 0 aliphatic carbocycles. The molecule has 0 saturated heterocycles. The highest BCUT2D eigenvalue weighted by molar-refractivity contribution is 5.75. The van der Waals surface area contributed by atoms with E-state index < -0.39 is 0 Å². The Morgan fingerprint density at radius 2 is 0.903 bits per heavy atom. The molecule has 0 aromatic heterocycles. The van der Waals surface area contributed by atoms with Crippen LogP contribution in [0.1, 0.15) is 142 Å². The standard InChI is InChI=1S/C28H58N2O/c1-5-6-7-8-9-10-11-12-13-14-15-16-17-18-19-20-21-22-23-25-28(31)29-26-24-27-30(2,3)4/h5-27H2,1-4H3/p+1. The largest absolute Gasteiger partial charge is 0.356 e. The maximum atomic E-state index is 11.8. The van der Waals surface area contributed by atoms with Crippen molar-refractivity contribution in [3.8, 4) is 0 Å². The third-order valence-electron chi connectivity index (χ3n) is 6.34. The summed E-state index contributed by atoms with van der Waals surface area (Å²) in [6.45, 7) is 4.23. The highest BCUT2D eigenvalue weighted by atomic mass is 16.1. The maximum Gasteiger partial charge on any atom is 0.219 e. The van der Waals surface area contributed by atoms with Crippen LogP contribution < -0.4 is 5.32 Å². The molecule has 3 heteroatoms. The third kappa shape index (κ3) is 27.4. The van der Waals surface area contributed by atoms with E-state index in [4.69, 9.17) is 0 Å². The SMILES string of the molecule is CCCCCCCCCCCCCCCCCCCCCC(=O)NCCC[N+](C)(C)C. The molecule has 0 radical (unpaired) electrons. The van der Waals surface area contributed by atoms with Crippen LogP contribution in [0.5, 0.6) is 0 Å². The van der Waals surface area contributed by atoms with Crippen molar-refractivity contribution in [2.75, 3.05) is 34.2 Å². The van der Waals surface area contributed by atoms with Crippen molar-refractivity contribution in [3.05, 3.63) is 0 Å². The zero-order valence-electron chi connectivity index (χ0n) is 22.1. The molecular formula is C28H59N2O+. The summed E-state index contributed by atoms with van der Waals surface area (Å²) in [5, 5.41) is 3.07. The zero-order valence-corrected chi connectivity index (χ0v) is 22.1. The molecule has 0 aromatic rings. The Balaban J connectivity index is 3.14. The van der Waals surface area contributed by atoms with Gasteiger partial charge in [-0.1, -0.05) is 122 Å². The number of carbonyl (C=O) groups excluding carboxylic acids is 1. The van der Waals surface area contributed by atoms with E-state index in [1.54, 1.807) is 0 Å². The van der Waals surface area contributed by atoms with E-state index in [1.165, 1.54) is 116 Å². The molecule has 1 amide bonds. The van der Waals surface area contributed by atoms with Crippen molar-refractivity contribution >= 4 is 5.91 Å². The van der Waals surface area contributed by atoms with Crippen molar-refractivity contribution in [1.29, 1.82) is 0 Å². The number of quaternary nitrogens is 1. The number of rotatable bonds is 24. The van der Waals surface area contributed by atoms with Crippen molar-refractivity contribution < 1.29 is 9.28 Å². The van der Waals surface area contributed by atoms with E-state index in [0.717, 1.165) is 30.4 Å². The highest BCUT2D eigenvalue weighted by Crippen LogP contribution is 2.14. The first-order chi connectivity index (χ1) is 15.0. The van der Waals surface area contributed by atoms with Crippen LogP contribution in [0.3, 0.4) is 0 Å². The van der Waals surface area contributed by atoms with Crippen LogP contribution in [0.2, 0.25) is 0 Å². The maximum absolute atomic E-state index is 11.8. The van der Waals surface area contributed by atoms with Gasteiger partial charge < -0.3 is 9.80 Å². The van der Waals surface area contributed by atoms with Crippen molar-refractivity contribution in [3.63, 3.8) is 0 Å². The number of nitrogens with zero attached hydrogens (tertiary/aromatic N) is 1. The monoisotopic (exact) mass is 439 g/mol. The first kappa shape index (κ1) is 30.4. The summed E-state index contributed by atoms with van der Waals surface area (Å²) in [4.78, 5) is 11.8. The Morgan fingerprint density at radius 1 is 0.548 bits per heavy atom. The molecule has 0 rings (SSSR count).